The number of carbonyl (C=O) groups is 1. The average molecular weight is 319 g/mol. The first-order valence-corrected chi connectivity index (χ1v) is 7.65. The maximum absolute atomic E-state index is 12.1. The highest BCUT2D eigenvalue weighted by Crippen LogP contribution is 2.09. The Bertz CT molecular complexity index is 616. The molecule has 0 radical (unpaired) electrons. The van der Waals surface area contributed by atoms with Crippen LogP contribution < -0.4 is 10.6 Å². The van der Waals surface area contributed by atoms with Gasteiger partial charge in [-0.1, -0.05) is 30.7 Å². The number of benzene rings is 1. The summed E-state index contributed by atoms with van der Waals surface area (Å²) in [5, 5.41) is 6.70. The lowest BCUT2D eigenvalue weighted by atomic mass is 10.1. The number of nitrogens with zero attached hydrogens (tertiary/aromatic N) is 2. The van der Waals surface area contributed by atoms with E-state index in [2.05, 4.69) is 27.5 Å². The molecule has 22 heavy (non-hydrogen) atoms. The molecule has 1 amide bonds. The molecule has 2 rings (SSSR count). The molecular formula is C16H19ClN4O. The lowest BCUT2D eigenvalue weighted by molar-refractivity contribution is 0.0949. The average Bonchev–Trinajstić information content (AvgIpc) is 2.55. The Morgan fingerprint density at radius 2 is 1.95 bits per heavy atom. The summed E-state index contributed by atoms with van der Waals surface area (Å²) in [5.74, 6) is 0.468. The van der Waals surface area contributed by atoms with Crippen LogP contribution in [0.25, 0.3) is 0 Å². The van der Waals surface area contributed by atoms with Gasteiger partial charge in [-0.05, 0) is 30.5 Å². The Morgan fingerprint density at radius 3 is 2.68 bits per heavy atom. The zero-order valence-electron chi connectivity index (χ0n) is 12.5. The highest BCUT2D eigenvalue weighted by molar-refractivity contribution is 6.30. The molecule has 5 nitrogen and oxygen atoms in total. The smallest absolute Gasteiger partial charge is 0.270 e. The summed E-state index contributed by atoms with van der Waals surface area (Å²) in [7, 11) is 0. The van der Waals surface area contributed by atoms with E-state index in [1.165, 1.54) is 6.33 Å². The second kappa shape index (κ2) is 8.34. The van der Waals surface area contributed by atoms with Gasteiger partial charge in [-0.3, -0.25) is 4.79 Å². The number of nitrogens with one attached hydrogen (secondary N) is 2. The molecule has 2 N–H and O–H groups in total. The van der Waals surface area contributed by atoms with Gasteiger partial charge in [0, 0.05) is 24.2 Å². The maximum Gasteiger partial charge on any atom is 0.270 e. The van der Waals surface area contributed by atoms with Crippen molar-refractivity contribution in [1.29, 1.82) is 0 Å². The highest BCUT2D eigenvalue weighted by Gasteiger charge is 2.08. The van der Waals surface area contributed by atoms with Crippen molar-refractivity contribution >= 4 is 23.3 Å². The number of anilines is 1. The van der Waals surface area contributed by atoms with Crippen LogP contribution >= 0.6 is 11.6 Å². The van der Waals surface area contributed by atoms with E-state index in [1.807, 2.05) is 24.3 Å². The molecule has 0 bridgehead atoms. The number of carbonyl (C=O) groups excluding carboxylic acids is 1. The van der Waals surface area contributed by atoms with Gasteiger partial charge >= 0.3 is 0 Å². The minimum atomic E-state index is -0.198. The van der Waals surface area contributed by atoms with Gasteiger partial charge in [-0.15, -0.1) is 0 Å². The first-order valence-electron chi connectivity index (χ1n) is 7.27. The van der Waals surface area contributed by atoms with E-state index >= 15 is 0 Å². The molecule has 6 heteroatoms. The van der Waals surface area contributed by atoms with Gasteiger partial charge in [-0.2, -0.15) is 0 Å². The molecule has 1 aromatic heterocycles. The number of hydrogen-bond donors (Lipinski definition) is 2. The van der Waals surface area contributed by atoms with Crippen molar-refractivity contribution in [2.24, 2.45) is 0 Å². The monoisotopic (exact) mass is 318 g/mol. The fraction of sp³-hybridized carbons (Fsp3) is 0.312. The van der Waals surface area contributed by atoms with E-state index in [9.17, 15) is 4.79 Å². The third-order valence-corrected chi connectivity index (χ3v) is 3.32. The Labute approximate surface area is 135 Å². The van der Waals surface area contributed by atoms with Crippen LogP contribution in [0.1, 0.15) is 29.4 Å². The number of hydrogen-bond acceptors (Lipinski definition) is 4. The molecule has 0 fully saturated rings. The Balaban J connectivity index is 1.85. The molecule has 0 atom stereocenters. The number of halogens is 1. The summed E-state index contributed by atoms with van der Waals surface area (Å²) in [6.07, 6.45) is 3.13. The van der Waals surface area contributed by atoms with Crippen molar-refractivity contribution < 1.29 is 4.79 Å². The van der Waals surface area contributed by atoms with E-state index in [1.54, 1.807) is 6.07 Å². The van der Waals surface area contributed by atoms with E-state index in [4.69, 9.17) is 11.6 Å². The Morgan fingerprint density at radius 1 is 1.18 bits per heavy atom. The van der Waals surface area contributed by atoms with Gasteiger partial charge in [-0.25, -0.2) is 9.97 Å². The van der Waals surface area contributed by atoms with Gasteiger partial charge in [0.25, 0.3) is 5.91 Å². The highest BCUT2D eigenvalue weighted by atomic mass is 35.5. The van der Waals surface area contributed by atoms with Crippen LogP contribution in [0.3, 0.4) is 0 Å². The Hall–Kier alpha value is -2.14. The van der Waals surface area contributed by atoms with Crippen molar-refractivity contribution in [1.82, 2.24) is 15.3 Å². The van der Waals surface area contributed by atoms with Gasteiger partial charge < -0.3 is 10.6 Å². The molecule has 0 unspecified atom stereocenters. The first kappa shape index (κ1) is 16.2. The van der Waals surface area contributed by atoms with Crippen molar-refractivity contribution in [2.75, 3.05) is 18.4 Å². The summed E-state index contributed by atoms with van der Waals surface area (Å²) >= 11 is 5.84. The second-order valence-electron chi connectivity index (χ2n) is 4.85. The van der Waals surface area contributed by atoms with Crippen LogP contribution in [0.5, 0.6) is 0 Å². The standard InChI is InChI=1S/C16H19ClN4O/c1-2-8-18-15-10-14(20-11-21-15)16(22)19-9-7-12-3-5-13(17)6-4-12/h3-6,10-11H,2,7-9H2,1H3,(H,19,22)(H,18,20,21). The SMILES string of the molecule is CCCNc1cc(C(=O)NCCc2ccc(Cl)cc2)ncn1. The van der Waals surface area contributed by atoms with Crippen LogP contribution in [-0.2, 0) is 6.42 Å². The Kier molecular flexibility index (Phi) is 6.15. The predicted molar refractivity (Wildman–Crippen MR) is 88.3 cm³/mol. The van der Waals surface area contributed by atoms with Crippen molar-refractivity contribution in [2.45, 2.75) is 19.8 Å². The number of amides is 1. The molecule has 1 aromatic carbocycles. The predicted octanol–water partition coefficient (Wildman–Crippen LogP) is 2.92. The summed E-state index contributed by atoms with van der Waals surface area (Å²) in [4.78, 5) is 20.1. The molecule has 1 heterocycles. The fourth-order valence-corrected chi connectivity index (χ4v) is 2.02. The third-order valence-electron chi connectivity index (χ3n) is 3.07. The van der Waals surface area contributed by atoms with Crippen molar-refractivity contribution in [3.63, 3.8) is 0 Å². The summed E-state index contributed by atoms with van der Waals surface area (Å²) in [6, 6.07) is 9.24. The zero-order valence-corrected chi connectivity index (χ0v) is 13.2. The van der Waals surface area contributed by atoms with E-state index < -0.39 is 0 Å². The lowest BCUT2D eigenvalue weighted by Gasteiger charge is -2.07. The molecule has 0 aliphatic rings. The van der Waals surface area contributed by atoms with Gasteiger partial charge in [0.05, 0.1) is 0 Å². The van der Waals surface area contributed by atoms with Crippen molar-refractivity contribution in [3.8, 4) is 0 Å². The van der Waals surface area contributed by atoms with Gasteiger partial charge in [0.15, 0.2) is 0 Å². The van der Waals surface area contributed by atoms with Crippen LogP contribution in [0.2, 0.25) is 5.02 Å². The molecule has 116 valence electrons. The number of aromatic nitrogens is 2. The van der Waals surface area contributed by atoms with E-state index in [-0.39, 0.29) is 5.91 Å². The maximum atomic E-state index is 12.1. The van der Waals surface area contributed by atoms with Gasteiger partial charge in [0.1, 0.15) is 17.8 Å². The molecule has 0 spiro atoms. The largest absolute Gasteiger partial charge is 0.370 e. The second-order valence-corrected chi connectivity index (χ2v) is 5.28. The van der Waals surface area contributed by atoms with Crippen molar-refractivity contribution in [3.05, 3.63) is 52.9 Å². The van der Waals surface area contributed by atoms with E-state index in [0.29, 0.717) is 23.1 Å². The lowest BCUT2D eigenvalue weighted by Crippen LogP contribution is -2.26. The molecular weight excluding hydrogens is 300 g/mol. The first-order chi connectivity index (χ1) is 10.7. The van der Waals surface area contributed by atoms with Gasteiger partial charge in [0.2, 0.25) is 0 Å². The third kappa shape index (κ3) is 5.00. The summed E-state index contributed by atoms with van der Waals surface area (Å²) in [6.45, 7) is 3.43. The molecule has 0 saturated heterocycles. The quantitative estimate of drug-likeness (QED) is 0.823. The minimum Gasteiger partial charge on any atom is -0.370 e. The molecule has 0 saturated carbocycles. The summed E-state index contributed by atoms with van der Waals surface area (Å²) < 4.78 is 0. The molecule has 0 aliphatic heterocycles. The molecule has 2 aromatic rings. The van der Waals surface area contributed by atoms with Crippen LogP contribution in [0.15, 0.2) is 36.7 Å². The van der Waals surface area contributed by atoms with E-state index in [0.717, 1.165) is 24.9 Å². The normalized spacial score (nSPS) is 10.3. The van der Waals surface area contributed by atoms with Crippen LogP contribution in [-0.4, -0.2) is 29.0 Å². The molecule has 0 aliphatic carbocycles. The topological polar surface area (TPSA) is 66.9 Å². The van der Waals surface area contributed by atoms with Crippen LogP contribution in [0.4, 0.5) is 5.82 Å². The minimum absolute atomic E-state index is 0.198. The summed E-state index contributed by atoms with van der Waals surface area (Å²) in [5.41, 5.74) is 1.49. The van der Waals surface area contributed by atoms with Crippen LogP contribution in [0, 0.1) is 0 Å². The fourth-order valence-electron chi connectivity index (χ4n) is 1.89. The number of rotatable bonds is 7. The zero-order chi connectivity index (χ0) is 15.8.